The molecule has 2 fully saturated rings. The molecule has 0 radical (unpaired) electrons. The predicted octanol–water partition coefficient (Wildman–Crippen LogP) is 2.89. The van der Waals surface area contributed by atoms with Crippen molar-refractivity contribution in [3.05, 3.63) is 0 Å². The number of esters is 1. The molecule has 0 aromatic heterocycles. The van der Waals surface area contributed by atoms with E-state index in [1.165, 1.54) is 6.92 Å². The Labute approximate surface area is 167 Å². The van der Waals surface area contributed by atoms with E-state index in [1.807, 2.05) is 0 Å². The van der Waals surface area contributed by atoms with Crippen molar-refractivity contribution >= 4 is 5.97 Å². The highest BCUT2D eigenvalue weighted by molar-refractivity contribution is 5.77. The van der Waals surface area contributed by atoms with Crippen molar-refractivity contribution in [1.29, 1.82) is 0 Å². The number of halogens is 4. The lowest BCUT2D eigenvalue weighted by molar-refractivity contribution is -0.212. The van der Waals surface area contributed by atoms with Gasteiger partial charge in [-0.05, 0) is 45.4 Å². The highest BCUT2D eigenvalue weighted by atomic mass is 19.3. The van der Waals surface area contributed by atoms with Crippen LogP contribution in [0.15, 0.2) is 0 Å². The number of hydrogen-bond donors (Lipinski definition) is 1. The Bertz CT molecular complexity index is 453. The normalized spacial score (nSPS) is 23.1. The summed E-state index contributed by atoms with van der Waals surface area (Å²) in [7, 11) is 0. The van der Waals surface area contributed by atoms with E-state index in [0.29, 0.717) is 26.1 Å². The summed E-state index contributed by atoms with van der Waals surface area (Å²) in [6.45, 7) is -0.469. The van der Waals surface area contributed by atoms with Crippen LogP contribution >= 0.6 is 0 Å². The summed E-state index contributed by atoms with van der Waals surface area (Å²) in [6, 6.07) is 0. The monoisotopic (exact) mass is 434 g/mol. The first kappa shape index (κ1) is 26.0. The van der Waals surface area contributed by atoms with E-state index in [9.17, 15) is 22.4 Å². The fourth-order valence-electron chi connectivity index (χ4n) is 2.44. The lowest BCUT2D eigenvalue weighted by Crippen LogP contribution is -2.38. The van der Waals surface area contributed by atoms with Crippen LogP contribution in [0.2, 0.25) is 0 Å². The zero-order valence-electron chi connectivity index (χ0n) is 16.5. The second kappa shape index (κ2) is 13.3. The molecule has 0 saturated carbocycles. The first-order valence-corrected chi connectivity index (χ1v) is 9.70. The fourth-order valence-corrected chi connectivity index (χ4v) is 2.44. The second-order valence-corrected chi connectivity index (χ2v) is 6.65. The molecule has 2 atom stereocenters. The Balaban J connectivity index is 0.000000296. The summed E-state index contributed by atoms with van der Waals surface area (Å²) in [5.41, 5.74) is 0. The first-order chi connectivity index (χ1) is 13.7. The van der Waals surface area contributed by atoms with Gasteiger partial charge < -0.3 is 28.8 Å². The Kier molecular flexibility index (Phi) is 12.0. The SMILES string of the molecule is CCOC(=O)C(F)(F)COC1CCCCO1.OCC(F)(F)COC1CCCCO1. The number of rotatable bonds is 9. The van der Waals surface area contributed by atoms with E-state index in [4.69, 9.17) is 24.1 Å². The maximum absolute atomic E-state index is 13.1. The minimum atomic E-state index is -3.60. The minimum Gasteiger partial charge on any atom is -0.461 e. The van der Waals surface area contributed by atoms with Gasteiger partial charge in [0.2, 0.25) is 0 Å². The van der Waals surface area contributed by atoms with Gasteiger partial charge in [-0.3, -0.25) is 0 Å². The van der Waals surface area contributed by atoms with Crippen molar-refractivity contribution in [2.75, 3.05) is 39.6 Å². The number of alkyl halides is 4. The van der Waals surface area contributed by atoms with Gasteiger partial charge in [0, 0.05) is 13.2 Å². The standard InChI is InChI=1S/C10H16F2O4.C8H14F2O3/c1-2-14-9(13)10(11,12)7-16-8-5-3-4-6-15-8;9-8(10,5-11)6-13-7-3-1-2-4-12-7/h8H,2-7H2,1H3;7,11H,1-6H2. The highest BCUT2D eigenvalue weighted by Gasteiger charge is 2.41. The Hall–Kier alpha value is -1.01. The fraction of sp³-hybridized carbons (Fsp3) is 0.944. The van der Waals surface area contributed by atoms with Crippen molar-refractivity contribution in [1.82, 2.24) is 0 Å². The molecule has 29 heavy (non-hydrogen) atoms. The van der Waals surface area contributed by atoms with Gasteiger partial charge in [0.15, 0.2) is 12.6 Å². The molecule has 7 nitrogen and oxygen atoms in total. The first-order valence-electron chi connectivity index (χ1n) is 9.70. The molecule has 2 saturated heterocycles. The quantitative estimate of drug-likeness (QED) is 0.441. The Morgan fingerprint density at radius 3 is 1.90 bits per heavy atom. The molecule has 0 aromatic rings. The van der Waals surface area contributed by atoms with E-state index in [2.05, 4.69) is 4.74 Å². The lowest BCUT2D eigenvalue weighted by atomic mass is 10.2. The van der Waals surface area contributed by atoms with Crippen LogP contribution in [0.1, 0.15) is 45.4 Å². The molecule has 2 heterocycles. The maximum Gasteiger partial charge on any atom is 0.379 e. The minimum absolute atomic E-state index is 0.0750. The zero-order chi connectivity index (χ0) is 21.8. The summed E-state index contributed by atoms with van der Waals surface area (Å²) in [6.07, 6.45) is 3.77. The molecule has 0 aliphatic carbocycles. The summed E-state index contributed by atoms with van der Waals surface area (Å²) >= 11 is 0. The second-order valence-electron chi connectivity index (χ2n) is 6.65. The molecular formula is C18H30F4O7. The summed E-state index contributed by atoms with van der Waals surface area (Å²) in [5, 5.41) is 8.25. The highest BCUT2D eigenvalue weighted by Crippen LogP contribution is 2.21. The summed E-state index contributed by atoms with van der Waals surface area (Å²) in [4.78, 5) is 10.8. The van der Waals surface area contributed by atoms with Gasteiger partial charge in [-0.25, -0.2) is 13.6 Å². The van der Waals surface area contributed by atoms with Gasteiger partial charge in [-0.2, -0.15) is 8.78 Å². The van der Waals surface area contributed by atoms with Crippen LogP contribution < -0.4 is 0 Å². The zero-order valence-corrected chi connectivity index (χ0v) is 16.5. The van der Waals surface area contributed by atoms with Crippen LogP contribution in [0.4, 0.5) is 17.6 Å². The molecule has 0 amide bonds. The van der Waals surface area contributed by atoms with Crippen LogP contribution in [-0.4, -0.2) is 75.1 Å². The molecule has 0 bridgehead atoms. The molecule has 2 aliphatic rings. The van der Waals surface area contributed by atoms with Crippen LogP contribution in [0.3, 0.4) is 0 Å². The predicted molar refractivity (Wildman–Crippen MR) is 92.7 cm³/mol. The van der Waals surface area contributed by atoms with E-state index in [1.54, 1.807) is 0 Å². The number of carbonyl (C=O) groups is 1. The number of hydrogen-bond acceptors (Lipinski definition) is 7. The third-order valence-corrected chi connectivity index (χ3v) is 4.01. The smallest absolute Gasteiger partial charge is 0.379 e. The van der Waals surface area contributed by atoms with Crippen LogP contribution in [0, 0.1) is 0 Å². The van der Waals surface area contributed by atoms with Crippen molar-refractivity contribution in [2.24, 2.45) is 0 Å². The summed E-state index contributed by atoms with van der Waals surface area (Å²) in [5.74, 6) is -8.30. The molecule has 0 spiro atoms. The maximum atomic E-state index is 13.1. The molecular weight excluding hydrogens is 404 g/mol. The van der Waals surface area contributed by atoms with Crippen molar-refractivity contribution < 1.29 is 51.1 Å². The van der Waals surface area contributed by atoms with Gasteiger partial charge in [-0.1, -0.05) is 0 Å². The Morgan fingerprint density at radius 2 is 1.48 bits per heavy atom. The van der Waals surface area contributed by atoms with E-state index < -0.39 is 50.2 Å². The van der Waals surface area contributed by atoms with Crippen LogP contribution in [0.25, 0.3) is 0 Å². The summed E-state index contributed by atoms with van der Waals surface area (Å²) < 4.78 is 75.2. The molecule has 172 valence electrons. The average molecular weight is 434 g/mol. The molecule has 0 aromatic carbocycles. The number of carbonyl (C=O) groups excluding carboxylic acids is 1. The van der Waals surface area contributed by atoms with Gasteiger partial charge in [0.1, 0.15) is 19.8 Å². The van der Waals surface area contributed by atoms with E-state index in [0.717, 1.165) is 25.7 Å². The van der Waals surface area contributed by atoms with Crippen LogP contribution in [0.5, 0.6) is 0 Å². The van der Waals surface area contributed by atoms with Crippen molar-refractivity contribution in [3.8, 4) is 0 Å². The average Bonchev–Trinajstić information content (AvgIpc) is 2.73. The lowest BCUT2D eigenvalue weighted by Gasteiger charge is -2.24. The van der Waals surface area contributed by atoms with Gasteiger partial charge >= 0.3 is 11.9 Å². The molecule has 2 aliphatic heterocycles. The topological polar surface area (TPSA) is 83.5 Å². The largest absolute Gasteiger partial charge is 0.461 e. The third kappa shape index (κ3) is 11.1. The number of ether oxygens (including phenoxy) is 5. The number of aliphatic hydroxyl groups excluding tert-OH is 1. The molecule has 2 unspecified atom stereocenters. The van der Waals surface area contributed by atoms with Crippen molar-refractivity contribution in [2.45, 2.75) is 69.9 Å². The molecule has 11 heteroatoms. The van der Waals surface area contributed by atoms with E-state index >= 15 is 0 Å². The molecule has 1 N–H and O–H groups in total. The Morgan fingerprint density at radius 1 is 0.966 bits per heavy atom. The third-order valence-electron chi connectivity index (χ3n) is 4.01. The van der Waals surface area contributed by atoms with Gasteiger partial charge in [-0.15, -0.1) is 0 Å². The molecule has 2 rings (SSSR count). The van der Waals surface area contributed by atoms with Crippen LogP contribution in [-0.2, 0) is 28.5 Å². The number of aliphatic hydroxyl groups is 1. The van der Waals surface area contributed by atoms with Gasteiger partial charge in [0.25, 0.3) is 5.92 Å². The van der Waals surface area contributed by atoms with Gasteiger partial charge in [0.05, 0.1) is 6.61 Å². The van der Waals surface area contributed by atoms with Crippen molar-refractivity contribution in [3.63, 3.8) is 0 Å². The van der Waals surface area contributed by atoms with E-state index in [-0.39, 0.29) is 6.61 Å².